The van der Waals surface area contributed by atoms with E-state index in [0.29, 0.717) is 12.8 Å². The molecule has 148 valence electrons. The predicted octanol–water partition coefficient (Wildman–Crippen LogP) is 3.15. The SMILES string of the molecule is Cc1ccc(-c2ccc(CN3CCC4(CC3)[C@H](C(=O)O)CC(=O)N4C)cc2)o1. The largest absolute Gasteiger partial charge is 0.481 e. The van der Waals surface area contributed by atoms with Crippen molar-refractivity contribution in [2.24, 2.45) is 5.92 Å². The first-order chi connectivity index (χ1) is 13.4. The molecule has 1 aromatic heterocycles. The van der Waals surface area contributed by atoms with Crippen LogP contribution in [0.25, 0.3) is 11.3 Å². The molecule has 2 saturated heterocycles. The molecular formula is C22H26N2O4. The maximum atomic E-state index is 12.1. The summed E-state index contributed by atoms with van der Waals surface area (Å²) in [5.41, 5.74) is 1.75. The van der Waals surface area contributed by atoms with Crippen LogP contribution in [0.15, 0.2) is 40.8 Å². The van der Waals surface area contributed by atoms with Gasteiger partial charge in [0.15, 0.2) is 0 Å². The molecule has 1 N–H and O–H groups in total. The molecule has 0 saturated carbocycles. The minimum absolute atomic E-state index is 0.0513. The number of piperidine rings is 1. The zero-order valence-corrected chi connectivity index (χ0v) is 16.4. The van der Waals surface area contributed by atoms with E-state index in [0.717, 1.165) is 36.7 Å². The number of carboxylic acids is 1. The van der Waals surface area contributed by atoms with Gasteiger partial charge in [0.25, 0.3) is 0 Å². The molecular weight excluding hydrogens is 356 g/mol. The summed E-state index contributed by atoms with van der Waals surface area (Å²) in [4.78, 5) is 27.9. The van der Waals surface area contributed by atoms with Gasteiger partial charge in [-0.25, -0.2) is 0 Å². The van der Waals surface area contributed by atoms with Gasteiger partial charge < -0.3 is 14.4 Å². The fraction of sp³-hybridized carbons (Fsp3) is 0.455. The zero-order valence-electron chi connectivity index (χ0n) is 16.4. The lowest BCUT2D eigenvalue weighted by Gasteiger charge is -2.45. The normalized spacial score (nSPS) is 22.1. The van der Waals surface area contributed by atoms with Crippen LogP contribution in [-0.2, 0) is 16.1 Å². The Morgan fingerprint density at radius 1 is 1.18 bits per heavy atom. The van der Waals surface area contributed by atoms with Crippen molar-refractivity contribution in [2.45, 2.75) is 38.3 Å². The fourth-order valence-corrected chi connectivity index (χ4v) is 4.71. The molecule has 1 atom stereocenters. The minimum atomic E-state index is -0.852. The summed E-state index contributed by atoms with van der Waals surface area (Å²) in [6.45, 7) is 4.34. The first kappa shape index (κ1) is 18.7. The number of hydrogen-bond donors (Lipinski definition) is 1. The molecule has 3 heterocycles. The minimum Gasteiger partial charge on any atom is -0.481 e. The van der Waals surface area contributed by atoms with Crippen LogP contribution in [0.1, 0.15) is 30.6 Å². The molecule has 4 rings (SSSR count). The number of likely N-dealkylation sites (tertiary alicyclic amines) is 2. The van der Waals surface area contributed by atoms with E-state index >= 15 is 0 Å². The van der Waals surface area contributed by atoms with Crippen LogP contribution < -0.4 is 0 Å². The molecule has 2 aromatic rings. The van der Waals surface area contributed by atoms with Gasteiger partial charge in [0.1, 0.15) is 11.5 Å². The van der Waals surface area contributed by atoms with Crippen LogP contribution >= 0.6 is 0 Å². The first-order valence-electron chi connectivity index (χ1n) is 9.77. The second kappa shape index (κ2) is 7.09. The van der Waals surface area contributed by atoms with Gasteiger partial charge in [0, 0.05) is 38.7 Å². The lowest BCUT2D eigenvalue weighted by atomic mass is 9.77. The molecule has 1 amide bonds. The molecule has 0 unspecified atom stereocenters. The number of furan rings is 1. The lowest BCUT2D eigenvalue weighted by Crippen LogP contribution is -2.55. The monoisotopic (exact) mass is 382 g/mol. The summed E-state index contributed by atoms with van der Waals surface area (Å²) in [5.74, 6) is 0.275. The summed E-state index contributed by atoms with van der Waals surface area (Å²) in [6, 6.07) is 12.3. The summed E-state index contributed by atoms with van der Waals surface area (Å²) in [7, 11) is 1.76. The molecule has 6 heteroatoms. The third-order valence-corrected chi connectivity index (χ3v) is 6.47. The Balaban J connectivity index is 1.40. The van der Waals surface area contributed by atoms with Crippen molar-refractivity contribution in [3.8, 4) is 11.3 Å². The van der Waals surface area contributed by atoms with E-state index in [9.17, 15) is 14.7 Å². The van der Waals surface area contributed by atoms with Gasteiger partial charge in [0.2, 0.25) is 5.91 Å². The number of aliphatic carboxylic acids is 1. The van der Waals surface area contributed by atoms with Crippen LogP contribution in [0.5, 0.6) is 0 Å². The summed E-state index contributed by atoms with van der Waals surface area (Å²) in [5, 5.41) is 9.59. The smallest absolute Gasteiger partial charge is 0.309 e. The highest BCUT2D eigenvalue weighted by Gasteiger charge is 2.55. The van der Waals surface area contributed by atoms with Crippen molar-refractivity contribution in [2.75, 3.05) is 20.1 Å². The molecule has 0 radical (unpaired) electrons. The number of carbonyl (C=O) groups is 2. The van der Waals surface area contributed by atoms with Crippen molar-refractivity contribution in [3.63, 3.8) is 0 Å². The molecule has 0 aliphatic carbocycles. The van der Waals surface area contributed by atoms with Gasteiger partial charge in [0.05, 0.1) is 11.5 Å². The van der Waals surface area contributed by atoms with Gasteiger partial charge in [-0.2, -0.15) is 0 Å². The van der Waals surface area contributed by atoms with E-state index in [1.54, 1.807) is 11.9 Å². The number of amides is 1. The van der Waals surface area contributed by atoms with E-state index in [2.05, 4.69) is 29.2 Å². The van der Waals surface area contributed by atoms with Crippen molar-refractivity contribution in [1.82, 2.24) is 9.80 Å². The molecule has 0 bridgehead atoms. The number of carboxylic acid groups (broad SMARTS) is 1. The van der Waals surface area contributed by atoms with Crippen LogP contribution in [0.4, 0.5) is 0 Å². The van der Waals surface area contributed by atoms with E-state index in [-0.39, 0.29) is 12.3 Å². The van der Waals surface area contributed by atoms with Crippen molar-refractivity contribution in [3.05, 3.63) is 47.7 Å². The van der Waals surface area contributed by atoms with Crippen molar-refractivity contribution < 1.29 is 19.1 Å². The van der Waals surface area contributed by atoms with Crippen molar-refractivity contribution in [1.29, 1.82) is 0 Å². The predicted molar refractivity (Wildman–Crippen MR) is 105 cm³/mol. The summed E-state index contributed by atoms with van der Waals surface area (Å²) in [6.07, 6.45) is 1.53. The quantitative estimate of drug-likeness (QED) is 0.879. The van der Waals surface area contributed by atoms with Gasteiger partial charge >= 0.3 is 5.97 Å². The highest BCUT2D eigenvalue weighted by Crippen LogP contribution is 2.43. The Morgan fingerprint density at radius 3 is 2.43 bits per heavy atom. The molecule has 2 aliphatic rings. The Kier molecular flexibility index (Phi) is 4.75. The Morgan fingerprint density at radius 2 is 1.86 bits per heavy atom. The van der Waals surface area contributed by atoms with Crippen LogP contribution in [0.2, 0.25) is 0 Å². The number of nitrogens with zero attached hydrogens (tertiary/aromatic N) is 2. The number of benzene rings is 1. The average Bonchev–Trinajstić information content (AvgIpc) is 3.22. The number of carbonyl (C=O) groups excluding carboxylic acids is 1. The average molecular weight is 382 g/mol. The molecule has 2 fully saturated rings. The topological polar surface area (TPSA) is 74.0 Å². The highest BCUT2D eigenvalue weighted by molar-refractivity contribution is 5.88. The Bertz CT molecular complexity index is 878. The number of aryl methyl sites for hydroxylation is 1. The summed E-state index contributed by atoms with van der Waals surface area (Å²) >= 11 is 0. The lowest BCUT2D eigenvalue weighted by molar-refractivity contribution is -0.146. The second-order valence-electron chi connectivity index (χ2n) is 8.03. The van der Waals surface area contributed by atoms with Crippen LogP contribution in [0.3, 0.4) is 0 Å². The number of rotatable bonds is 4. The van der Waals surface area contributed by atoms with Gasteiger partial charge in [-0.05, 0) is 37.5 Å². The fourth-order valence-electron chi connectivity index (χ4n) is 4.71. The Hall–Kier alpha value is -2.60. The maximum Gasteiger partial charge on any atom is 0.309 e. The molecule has 28 heavy (non-hydrogen) atoms. The van der Waals surface area contributed by atoms with E-state index in [1.807, 2.05) is 19.1 Å². The van der Waals surface area contributed by atoms with Crippen molar-refractivity contribution >= 4 is 11.9 Å². The summed E-state index contributed by atoms with van der Waals surface area (Å²) < 4.78 is 5.67. The maximum absolute atomic E-state index is 12.1. The third kappa shape index (κ3) is 3.22. The highest BCUT2D eigenvalue weighted by atomic mass is 16.4. The Labute approximate surface area is 164 Å². The van der Waals surface area contributed by atoms with Gasteiger partial charge in [-0.3, -0.25) is 14.5 Å². The molecule has 1 spiro atoms. The van der Waals surface area contributed by atoms with Crippen LogP contribution in [-0.4, -0.2) is 52.5 Å². The third-order valence-electron chi connectivity index (χ3n) is 6.47. The van der Waals surface area contributed by atoms with E-state index < -0.39 is 17.4 Å². The molecule has 1 aromatic carbocycles. The number of hydrogen-bond acceptors (Lipinski definition) is 4. The second-order valence-corrected chi connectivity index (χ2v) is 8.03. The molecule has 6 nitrogen and oxygen atoms in total. The standard InChI is InChI=1S/C22H26N2O4/c1-15-3-8-19(28-15)17-6-4-16(5-7-17)14-24-11-9-22(10-12-24)18(21(26)27)13-20(25)23(22)2/h3-8,18H,9-14H2,1-2H3,(H,26,27)/t18-/m0/s1. The zero-order chi connectivity index (χ0) is 19.9. The van der Waals surface area contributed by atoms with Gasteiger partial charge in [-0.15, -0.1) is 0 Å². The van der Waals surface area contributed by atoms with Gasteiger partial charge in [-0.1, -0.05) is 24.3 Å². The molecule has 2 aliphatic heterocycles. The van der Waals surface area contributed by atoms with Crippen LogP contribution in [0, 0.1) is 12.8 Å². The first-order valence-corrected chi connectivity index (χ1v) is 9.77. The van der Waals surface area contributed by atoms with E-state index in [4.69, 9.17) is 4.42 Å². The van der Waals surface area contributed by atoms with E-state index in [1.165, 1.54) is 5.56 Å².